The quantitative estimate of drug-likeness (QED) is 0.847. The van der Waals surface area contributed by atoms with E-state index < -0.39 is 9.84 Å². The minimum Gasteiger partial charge on any atom is -0.307 e. The van der Waals surface area contributed by atoms with E-state index in [0.717, 1.165) is 6.42 Å². The van der Waals surface area contributed by atoms with Gasteiger partial charge in [-0.2, -0.15) is 0 Å². The van der Waals surface area contributed by atoms with Gasteiger partial charge in [-0.25, -0.2) is 8.42 Å². The standard InChI is InChI=1S/C13H27NO2S/c1-9(2)7-11-12(10(3)4)17(15,16)8-13(5,6)14-11/h9-12,14H,7-8H2,1-6H3. The van der Waals surface area contributed by atoms with Crippen molar-refractivity contribution in [1.29, 1.82) is 0 Å². The number of hydrogen-bond donors (Lipinski definition) is 1. The Bertz CT molecular complexity index is 358. The Labute approximate surface area is 106 Å². The SMILES string of the molecule is CC(C)CC1NC(C)(C)CS(=O)(=O)C1C(C)C. The molecule has 17 heavy (non-hydrogen) atoms. The summed E-state index contributed by atoms with van der Waals surface area (Å²) in [6.07, 6.45) is 0.922. The lowest BCUT2D eigenvalue weighted by atomic mass is 9.92. The van der Waals surface area contributed by atoms with Crippen molar-refractivity contribution in [2.75, 3.05) is 5.75 Å². The topological polar surface area (TPSA) is 46.2 Å². The molecule has 0 aromatic rings. The molecule has 0 radical (unpaired) electrons. The number of rotatable bonds is 3. The Kier molecular flexibility index (Phi) is 4.30. The molecule has 0 aromatic heterocycles. The lowest BCUT2D eigenvalue weighted by molar-refractivity contribution is 0.270. The maximum atomic E-state index is 12.4. The molecule has 1 aliphatic rings. The van der Waals surface area contributed by atoms with Crippen LogP contribution in [0.15, 0.2) is 0 Å². The molecule has 0 spiro atoms. The summed E-state index contributed by atoms with van der Waals surface area (Å²) in [4.78, 5) is 0. The molecule has 3 nitrogen and oxygen atoms in total. The van der Waals surface area contributed by atoms with Crippen LogP contribution in [0.3, 0.4) is 0 Å². The van der Waals surface area contributed by atoms with Gasteiger partial charge in [0.05, 0.1) is 11.0 Å². The van der Waals surface area contributed by atoms with E-state index in [9.17, 15) is 8.42 Å². The summed E-state index contributed by atoms with van der Waals surface area (Å²) < 4.78 is 24.8. The van der Waals surface area contributed by atoms with Crippen LogP contribution in [0, 0.1) is 11.8 Å². The monoisotopic (exact) mass is 261 g/mol. The molecule has 0 aliphatic carbocycles. The fraction of sp³-hybridized carbons (Fsp3) is 1.00. The summed E-state index contributed by atoms with van der Waals surface area (Å²) in [5, 5.41) is 3.29. The highest BCUT2D eigenvalue weighted by atomic mass is 32.2. The summed E-state index contributed by atoms with van der Waals surface area (Å²) in [7, 11) is -2.99. The van der Waals surface area contributed by atoms with Crippen molar-refractivity contribution in [3.8, 4) is 0 Å². The van der Waals surface area contributed by atoms with Gasteiger partial charge >= 0.3 is 0 Å². The van der Waals surface area contributed by atoms with E-state index in [4.69, 9.17) is 0 Å². The molecule has 0 saturated carbocycles. The second-order valence-corrected chi connectivity index (χ2v) is 8.94. The van der Waals surface area contributed by atoms with Crippen LogP contribution in [0.25, 0.3) is 0 Å². The van der Waals surface area contributed by atoms with Crippen LogP contribution in [-0.4, -0.2) is 31.0 Å². The van der Waals surface area contributed by atoms with Gasteiger partial charge in [-0.1, -0.05) is 27.7 Å². The first kappa shape index (κ1) is 15.0. The maximum absolute atomic E-state index is 12.4. The zero-order valence-electron chi connectivity index (χ0n) is 11.9. The molecule has 1 fully saturated rings. The Balaban J connectivity index is 3.04. The lowest BCUT2D eigenvalue weighted by Crippen LogP contribution is -2.64. The summed E-state index contributed by atoms with van der Waals surface area (Å²) in [6.45, 7) is 12.3. The van der Waals surface area contributed by atoms with E-state index in [1.807, 2.05) is 27.7 Å². The molecule has 2 unspecified atom stereocenters. The largest absolute Gasteiger partial charge is 0.307 e. The summed E-state index contributed by atoms with van der Waals surface area (Å²) in [5.41, 5.74) is -0.302. The Morgan fingerprint density at radius 3 is 2.18 bits per heavy atom. The van der Waals surface area contributed by atoms with Crippen LogP contribution in [0.1, 0.15) is 48.0 Å². The van der Waals surface area contributed by atoms with Crippen LogP contribution in [0.4, 0.5) is 0 Å². The smallest absolute Gasteiger partial charge is 0.156 e. The Morgan fingerprint density at radius 2 is 1.76 bits per heavy atom. The van der Waals surface area contributed by atoms with Gasteiger partial charge in [-0.05, 0) is 32.1 Å². The molecule has 1 rings (SSSR count). The minimum atomic E-state index is -2.99. The average Bonchev–Trinajstić information content (AvgIpc) is 1.93. The second kappa shape index (κ2) is 4.88. The van der Waals surface area contributed by atoms with Crippen molar-refractivity contribution in [2.45, 2.75) is 64.8 Å². The predicted octanol–water partition coefficient (Wildman–Crippen LogP) is 2.22. The zero-order valence-corrected chi connectivity index (χ0v) is 12.8. The van der Waals surface area contributed by atoms with Gasteiger partial charge in [0.25, 0.3) is 0 Å². The third-order valence-electron chi connectivity index (χ3n) is 3.33. The van der Waals surface area contributed by atoms with E-state index in [1.54, 1.807) is 0 Å². The van der Waals surface area contributed by atoms with E-state index in [0.29, 0.717) is 5.92 Å². The van der Waals surface area contributed by atoms with Crippen molar-refractivity contribution in [1.82, 2.24) is 5.32 Å². The third kappa shape index (κ3) is 3.68. The molecule has 2 atom stereocenters. The normalized spacial score (nSPS) is 32.0. The first-order valence-corrected chi connectivity index (χ1v) is 8.26. The van der Waals surface area contributed by atoms with Gasteiger partial charge in [-0.15, -0.1) is 0 Å². The van der Waals surface area contributed by atoms with Gasteiger partial charge in [0.2, 0.25) is 0 Å². The molecule has 1 N–H and O–H groups in total. The Hall–Kier alpha value is -0.0900. The first-order chi connectivity index (χ1) is 7.55. The molecule has 0 bridgehead atoms. The van der Waals surface area contributed by atoms with Crippen LogP contribution in [0.5, 0.6) is 0 Å². The highest BCUT2D eigenvalue weighted by Gasteiger charge is 2.45. The van der Waals surface area contributed by atoms with E-state index >= 15 is 0 Å². The molecule has 1 saturated heterocycles. The van der Waals surface area contributed by atoms with Crippen molar-refractivity contribution >= 4 is 9.84 Å². The molecule has 102 valence electrons. The second-order valence-electron chi connectivity index (χ2n) is 6.78. The average molecular weight is 261 g/mol. The number of hydrogen-bond acceptors (Lipinski definition) is 3. The van der Waals surface area contributed by atoms with Crippen LogP contribution in [0.2, 0.25) is 0 Å². The fourth-order valence-electron chi connectivity index (χ4n) is 3.06. The third-order valence-corrected chi connectivity index (χ3v) is 6.16. The van der Waals surface area contributed by atoms with Gasteiger partial charge in [-0.3, -0.25) is 0 Å². The highest BCUT2D eigenvalue weighted by molar-refractivity contribution is 7.92. The highest BCUT2D eigenvalue weighted by Crippen LogP contribution is 2.30. The first-order valence-electron chi connectivity index (χ1n) is 6.54. The van der Waals surface area contributed by atoms with E-state index in [1.165, 1.54) is 0 Å². The van der Waals surface area contributed by atoms with Gasteiger partial charge in [0, 0.05) is 11.6 Å². The van der Waals surface area contributed by atoms with Crippen molar-refractivity contribution in [3.63, 3.8) is 0 Å². The molecular formula is C13H27NO2S. The van der Waals surface area contributed by atoms with Crippen molar-refractivity contribution in [3.05, 3.63) is 0 Å². The molecule has 4 heteroatoms. The van der Waals surface area contributed by atoms with Crippen molar-refractivity contribution < 1.29 is 8.42 Å². The van der Waals surface area contributed by atoms with Crippen LogP contribution >= 0.6 is 0 Å². The molecular weight excluding hydrogens is 234 g/mol. The zero-order chi connectivity index (χ0) is 13.4. The summed E-state index contributed by atoms with van der Waals surface area (Å²) in [6, 6.07) is 0.0868. The lowest BCUT2D eigenvalue weighted by Gasteiger charge is -2.44. The molecule has 0 aromatic carbocycles. The molecule has 1 aliphatic heterocycles. The van der Waals surface area contributed by atoms with E-state index in [-0.39, 0.29) is 28.5 Å². The van der Waals surface area contributed by atoms with Crippen molar-refractivity contribution in [2.24, 2.45) is 11.8 Å². The molecule has 0 amide bonds. The van der Waals surface area contributed by atoms with Gasteiger partial charge < -0.3 is 5.32 Å². The number of nitrogens with one attached hydrogen (secondary N) is 1. The number of sulfone groups is 1. The van der Waals surface area contributed by atoms with Crippen LogP contribution < -0.4 is 5.32 Å². The predicted molar refractivity (Wildman–Crippen MR) is 72.9 cm³/mol. The Morgan fingerprint density at radius 1 is 1.24 bits per heavy atom. The van der Waals surface area contributed by atoms with E-state index in [2.05, 4.69) is 19.2 Å². The summed E-state index contributed by atoms with van der Waals surface area (Å²) >= 11 is 0. The fourth-order valence-corrected chi connectivity index (χ4v) is 5.85. The van der Waals surface area contributed by atoms with Crippen LogP contribution in [-0.2, 0) is 9.84 Å². The van der Waals surface area contributed by atoms with Gasteiger partial charge in [0.15, 0.2) is 9.84 Å². The maximum Gasteiger partial charge on any atom is 0.156 e. The summed E-state index contributed by atoms with van der Waals surface area (Å²) in [5.74, 6) is 0.933. The van der Waals surface area contributed by atoms with Gasteiger partial charge in [0.1, 0.15) is 0 Å². The molecule has 1 heterocycles. The minimum absolute atomic E-state index is 0.0868.